The van der Waals surface area contributed by atoms with Crippen LogP contribution in [0.5, 0.6) is 0 Å². The molecular formula is C7H11NO3. The number of hydrogen-bond acceptors (Lipinski definition) is 4. The van der Waals surface area contributed by atoms with Crippen LogP contribution >= 0.6 is 0 Å². The van der Waals surface area contributed by atoms with Gasteiger partial charge in [0.2, 0.25) is 5.78 Å². The van der Waals surface area contributed by atoms with E-state index < -0.39 is 17.9 Å². The summed E-state index contributed by atoms with van der Waals surface area (Å²) in [6.45, 7) is 0.476. The average molecular weight is 157 g/mol. The summed E-state index contributed by atoms with van der Waals surface area (Å²) in [6.07, 6.45) is 0.238. The van der Waals surface area contributed by atoms with Crippen LogP contribution in [0, 0.1) is 0 Å². The third kappa shape index (κ3) is 1.64. The van der Waals surface area contributed by atoms with Crippen molar-refractivity contribution in [2.24, 2.45) is 0 Å². The Morgan fingerprint density at radius 1 is 1.73 bits per heavy atom. The van der Waals surface area contributed by atoms with Crippen LogP contribution in [0.15, 0.2) is 0 Å². The lowest BCUT2D eigenvalue weighted by Crippen LogP contribution is -2.33. The van der Waals surface area contributed by atoms with Crippen molar-refractivity contribution >= 4 is 12.1 Å². The Bertz CT molecular complexity index is 181. The summed E-state index contributed by atoms with van der Waals surface area (Å²) in [6, 6.07) is -0.400. The van der Waals surface area contributed by atoms with Gasteiger partial charge in [0.05, 0.1) is 12.1 Å². The Balaban J connectivity index is 2.59. The number of nitrogens with zero attached hydrogens (tertiary/aromatic N) is 1. The number of β-amino-alcohol motifs (C(OH)–C–C–N with tert-alkyl or cyclic N) is 1. The number of ketones is 1. The molecule has 11 heavy (non-hydrogen) atoms. The van der Waals surface area contributed by atoms with Crippen LogP contribution in [-0.2, 0) is 9.59 Å². The fourth-order valence-corrected chi connectivity index (χ4v) is 1.38. The van der Waals surface area contributed by atoms with E-state index in [9.17, 15) is 9.59 Å². The second kappa shape index (κ2) is 3.11. The lowest BCUT2D eigenvalue weighted by atomic mass is 10.1. The second-order valence-electron chi connectivity index (χ2n) is 2.87. The first kappa shape index (κ1) is 8.36. The van der Waals surface area contributed by atoms with E-state index in [-0.39, 0.29) is 0 Å². The first-order valence-electron chi connectivity index (χ1n) is 3.52. The van der Waals surface area contributed by atoms with Crippen molar-refractivity contribution in [2.45, 2.75) is 18.6 Å². The van der Waals surface area contributed by atoms with Crippen LogP contribution in [-0.4, -0.2) is 47.8 Å². The normalized spacial score (nSPS) is 32.2. The number of likely N-dealkylation sites (tertiary alicyclic amines) is 1. The van der Waals surface area contributed by atoms with E-state index in [0.29, 0.717) is 19.3 Å². The minimum Gasteiger partial charge on any atom is -0.392 e. The molecular weight excluding hydrogens is 146 g/mol. The minimum absolute atomic E-state index is 0.319. The molecule has 1 heterocycles. The summed E-state index contributed by atoms with van der Waals surface area (Å²) in [5.41, 5.74) is 0. The topological polar surface area (TPSA) is 57.6 Å². The van der Waals surface area contributed by atoms with Gasteiger partial charge in [0.15, 0.2) is 6.29 Å². The number of carbonyl (C=O) groups excluding carboxylic acids is 2. The van der Waals surface area contributed by atoms with Crippen molar-refractivity contribution < 1.29 is 14.7 Å². The summed E-state index contributed by atoms with van der Waals surface area (Å²) < 4.78 is 0. The largest absolute Gasteiger partial charge is 0.392 e. The van der Waals surface area contributed by atoms with Crippen LogP contribution in [0.3, 0.4) is 0 Å². The highest BCUT2D eigenvalue weighted by molar-refractivity contribution is 6.27. The van der Waals surface area contributed by atoms with Gasteiger partial charge in [0.1, 0.15) is 0 Å². The molecule has 4 nitrogen and oxygen atoms in total. The molecule has 1 saturated heterocycles. The lowest BCUT2D eigenvalue weighted by Gasteiger charge is -2.13. The average Bonchev–Trinajstić information content (AvgIpc) is 2.28. The highest BCUT2D eigenvalue weighted by Crippen LogP contribution is 2.15. The Labute approximate surface area is 64.8 Å². The fraction of sp³-hybridized carbons (Fsp3) is 0.714. The number of aliphatic hydroxyl groups excluding tert-OH is 1. The maximum Gasteiger partial charge on any atom is 0.212 e. The van der Waals surface area contributed by atoms with Gasteiger partial charge in [-0.1, -0.05) is 0 Å². The number of rotatable bonds is 2. The van der Waals surface area contributed by atoms with Crippen molar-refractivity contribution in [1.82, 2.24) is 4.90 Å². The Hall–Kier alpha value is -0.740. The van der Waals surface area contributed by atoms with Crippen LogP contribution in [0.2, 0.25) is 0 Å². The lowest BCUT2D eigenvalue weighted by molar-refractivity contribution is -0.132. The molecule has 62 valence electrons. The zero-order chi connectivity index (χ0) is 8.43. The SMILES string of the molecule is CN1CC(O)C[C@@H]1C(=O)C=O. The molecule has 0 bridgehead atoms. The molecule has 1 unspecified atom stereocenters. The number of Topliss-reactive ketones (excluding diaryl/α,β-unsaturated/α-hetero) is 1. The third-order valence-electron chi connectivity index (χ3n) is 1.97. The summed E-state index contributed by atoms with van der Waals surface area (Å²) >= 11 is 0. The molecule has 1 fully saturated rings. The number of carbonyl (C=O) groups is 2. The second-order valence-corrected chi connectivity index (χ2v) is 2.87. The molecule has 0 amide bonds. The van der Waals surface area contributed by atoms with E-state index in [0.717, 1.165) is 0 Å². The van der Waals surface area contributed by atoms with Gasteiger partial charge in [0.25, 0.3) is 0 Å². The molecule has 2 atom stereocenters. The maximum atomic E-state index is 10.8. The summed E-state index contributed by atoms with van der Waals surface area (Å²) in [4.78, 5) is 22.6. The number of aliphatic hydroxyl groups is 1. The van der Waals surface area contributed by atoms with E-state index in [4.69, 9.17) is 5.11 Å². The first-order valence-corrected chi connectivity index (χ1v) is 3.52. The van der Waals surface area contributed by atoms with Crippen LogP contribution in [0.25, 0.3) is 0 Å². The molecule has 0 aromatic carbocycles. The van der Waals surface area contributed by atoms with Crippen LogP contribution < -0.4 is 0 Å². The fourth-order valence-electron chi connectivity index (χ4n) is 1.38. The van der Waals surface area contributed by atoms with Gasteiger partial charge in [-0.2, -0.15) is 0 Å². The Morgan fingerprint density at radius 3 is 2.73 bits per heavy atom. The molecule has 0 saturated carbocycles. The van der Waals surface area contributed by atoms with E-state index in [2.05, 4.69) is 0 Å². The van der Waals surface area contributed by atoms with Gasteiger partial charge >= 0.3 is 0 Å². The van der Waals surface area contributed by atoms with Gasteiger partial charge in [-0.3, -0.25) is 14.5 Å². The van der Waals surface area contributed by atoms with Crippen LogP contribution in [0.4, 0.5) is 0 Å². The van der Waals surface area contributed by atoms with Gasteiger partial charge < -0.3 is 5.11 Å². The molecule has 1 aliphatic rings. The molecule has 1 aliphatic heterocycles. The van der Waals surface area contributed by atoms with E-state index in [1.807, 2.05) is 0 Å². The van der Waals surface area contributed by atoms with E-state index >= 15 is 0 Å². The molecule has 1 rings (SSSR count). The van der Waals surface area contributed by atoms with Crippen molar-refractivity contribution in [3.8, 4) is 0 Å². The molecule has 0 aliphatic carbocycles. The van der Waals surface area contributed by atoms with Gasteiger partial charge in [0, 0.05) is 6.54 Å². The van der Waals surface area contributed by atoms with Gasteiger partial charge in [-0.15, -0.1) is 0 Å². The zero-order valence-electron chi connectivity index (χ0n) is 6.36. The van der Waals surface area contributed by atoms with Crippen molar-refractivity contribution in [2.75, 3.05) is 13.6 Å². The molecule has 0 aromatic heterocycles. The predicted octanol–water partition coefficient (Wildman–Crippen LogP) is -1.18. The smallest absolute Gasteiger partial charge is 0.212 e. The molecule has 1 N–H and O–H groups in total. The van der Waals surface area contributed by atoms with Crippen molar-refractivity contribution in [3.63, 3.8) is 0 Å². The monoisotopic (exact) mass is 157 g/mol. The highest BCUT2D eigenvalue weighted by Gasteiger charge is 2.32. The first-order chi connectivity index (χ1) is 5.15. The quantitative estimate of drug-likeness (QED) is 0.405. The van der Waals surface area contributed by atoms with Crippen LogP contribution in [0.1, 0.15) is 6.42 Å². The van der Waals surface area contributed by atoms with E-state index in [1.165, 1.54) is 0 Å². The number of hydrogen-bond donors (Lipinski definition) is 1. The third-order valence-corrected chi connectivity index (χ3v) is 1.97. The standard InChI is InChI=1S/C7H11NO3/c1-8-3-5(10)2-6(8)7(11)4-9/h4-6,10H,2-3H2,1H3/t5?,6-/m1/s1. The Morgan fingerprint density at radius 2 is 2.36 bits per heavy atom. The predicted molar refractivity (Wildman–Crippen MR) is 38.1 cm³/mol. The summed E-state index contributed by atoms with van der Waals surface area (Å²) in [5, 5.41) is 9.10. The van der Waals surface area contributed by atoms with Gasteiger partial charge in [-0.05, 0) is 13.5 Å². The summed E-state index contributed by atoms with van der Waals surface area (Å²) in [7, 11) is 1.72. The molecule has 0 aromatic rings. The van der Waals surface area contributed by atoms with Gasteiger partial charge in [-0.25, -0.2) is 0 Å². The summed E-state index contributed by atoms with van der Waals surface area (Å²) in [5.74, 6) is -0.441. The molecule has 4 heteroatoms. The highest BCUT2D eigenvalue weighted by atomic mass is 16.3. The Kier molecular flexibility index (Phi) is 2.36. The zero-order valence-corrected chi connectivity index (χ0v) is 6.36. The van der Waals surface area contributed by atoms with Crippen molar-refractivity contribution in [3.05, 3.63) is 0 Å². The number of aldehydes is 1. The number of likely N-dealkylation sites (N-methyl/N-ethyl adjacent to an activating group) is 1. The minimum atomic E-state index is -0.464. The molecule has 0 spiro atoms. The maximum absolute atomic E-state index is 10.8. The van der Waals surface area contributed by atoms with E-state index in [1.54, 1.807) is 11.9 Å². The van der Waals surface area contributed by atoms with Crippen molar-refractivity contribution in [1.29, 1.82) is 0 Å². The molecule has 0 radical (unpaired) electrons.